The fraction of sp³-hybridized carbons (Fsp3) is 0.929. The van der Waals surface area contributed by atoms with E-state index in [4.69, 9.17) is 0 Å². The first-order chi connectivity index (χ1) is 9.42. The number of nitrogens with one attached hydrogen (secondary N) is 1. The van der Waals surface area contributed by atoms with Crippen molar-refractivity contribution in [2.24, 2.45) is 10.9 Å². The number of rotatable bonds is 5. The van der Waals surface area contributed by atoms with Gasteiger partial charge >= 0.3 is 6.18 Å². The molecule has 0 aliphatic carbocycles. The highest BCUT2D eigenvalue weighted by Gasteiger charge is 2.25. The van der Waals surface area contributed by atoms with E-state index >= 15 is 0 Å². The van der Waals surface area contributed by atoms with Crippen molar-refractivity contribution in [2.45, 2.75) is 52.1 Å². The van der Waals surface area contributed by atoms with Crippen molar-refractivity contribution >= 4 is 5.96 Å². The summed E-state index contributed by atoms with van der Waals surface area (Å²) < 4.78 is 36.1. The van der Waals surface area contributed by atoms with Gasteiger partial charge in [0.05, 0.1) is 0 Å². The third kappa shape index (κ3) is 7.01. The first-order valence-corrected chi connectivity index (χ1v) is 7.52. The van der Waals surface area contributed by atoms with Gasteiger partial charge < -0.3 is 10.2 Å². The van der Waals surface area contributed by atoms with E-state index in [0.717, 1.165) is 44.4 Å². The highest BCUT2D eigenvalue weighted by molar-refractivity contribution is 5.80. The van der Waals surface area contributed by atoms with Gasteiger partial charge in [-0.2, -0.15) is 13.2 Å². The Labute approximate surface area is 119 Å². The van der Waals surface area contributed by atoms with E-state index in [1.807, 2.05) is 6.92 Å². The van der Waals surface area contributed by atoms with Crippen molar-refractivity contribution in [1.82, 2.24) is 10.2 Å². The second kappa shape index (κ2) is 8.37. The summed E-state index contributed by atoms with van der Waals surface area (Å²) in [6, 6.07) is 0. The van der Waals surface area contributed by atoms with E-state index < -0.39 is 12.6 Å². The van der Waals surface area contributed by atoms with Gasteiger partial charge in [-0.15, -0.1) is 0 Å². The molecule has 20 heavy (non-hydrogen) atoms. The number of nitrogens with zero attached hydrogens (tertiary/aromatic N) is 2. The van der Waals surface area contributed by atoms with Gasteiger partial charge in [-0.3, -0.25) is 4.99 Å². The number of hydrogen-bond donors (Lipinski definition) is 1. The molecule has 118 valence electrons. The molecule has 1 heterocycles. The average molecular weight is 293 g/mol. The Bertz CT molecular complexity index is 295. The first-order valence-electron chi connectivity index (χ1n) is 7.52. The minimum atomic E-state index is -4.04. The topological polar surface area (TPSA) is 27.6 Å². The van der Waals surface area contributed by atoms with Crippen LogP contribution in [0.15, 0.2) is 4.99 Å². The van der Waals surface area contributed by atoms with Crippen molar-refractivity contribution in [2.75, 3.05) is 26.2 Å². The molecule has 0 atom stereocenters. The fourth-order valence-electron chi connectivity index (χ4n) is 2.27. The lowest BCUT2D eigenvalue weighted by Crippen LogP contribution is -2.45. The van der Waals surface area contributed by atoms with Crippen molar-refractivity contribution in [3.8, 4) is 0 Å². The largest absolute Gasteiger partial charge is 0.389 e. The van der Waals surface area contributed by atoms with Gasteiger partial charge in [0.15, 0.2) is 5.96 Å². The molecule has 1 N–H and O–H groups in total. The SMILES string of the molecule is CCNC(=NCCCCC(F)(F)F)N1CCC(C)CC1. The number of guanidine groups is 1. The number of hydrogen-bond acceptors (Lipinski definition) is 1. The zero-order valence-electron chi connectivity index (χ0n) is 12.5. The Morgan fingerprint density at radius 1 is 1.25 bits per heavy atom. The maximum Gasteiger partial charge on any atom is 0.389 e. The third-order valence-corrected chi connectivity index (χ3v) is 3.55. The summed E-state index contributed by atoms with van der Waals surface area (Å²) in [7, 11) is 0. The normalized spacial score (nSPS) is 18.4. The van der Waals surface area contributed by atoms with Crippen LogP contribution in [0.25, 0.3) is 0 Å². The number of piperidine rings is 1. The van der Waals surface area contributed by atoms with Crippen molar-refractivity contribution in [3.05, 3.63) is 0 Å². The lowest BCUT2D eigenvalue weighted by atomic mass is 10.00. The molecule has 0 saturated carbocycles. The Kier molecular flexibility index (Phi) is 7.16. The van der Waals surface area contributed by atoms with E-state index in [-0.39, 0.29) is 6.42 Å². The molecule has 0 bridgehead atoms. The van der Waals surface area contributed by atoms with Gasteiger partial charge in [0.25, 0.3) is 0 Å². The van der Waals surface area contributed by atoms with Crippen molar-refractivity contribution in [1.29, 1.82) is 0 Å². The summed E-state index contributed by atoms with van der Waals surface area (Å²) in [4.78, 5) is 6.66. The van der Waals surface area contributed by atoms with E-state index in [9.17, 15) is 13.2 Å². The predicted octanol–water partition coefficient (Wildman–Crippen LogP) is 3.42. The number of halogens is 3. The summed E-state index contributed by atoms with van der Waals surface area (Å²) in [5.74, 6) is 1.60. The number of aliphatic imine (C=N–C) groups is 1. The van der Waals surface area contributed by atoms with Crippen molar-refractivity contribution in [3.63, 3.8) is 0 Å². The smallest absolute Gasteiger partial charge is 0.357 e. The fourth-order valence-corrected chi connectivity index (χ4v) is 2.27. The maximum absolute atomic E-state index is 12.0. The maximum atomic E-state index is 12.0. The van der Waals surface area contributed by atoms with Crippen LogP contribution in [0.5, 0.6) is 0 Å². The van der Waals surface area contributed by atoms with Gasteiger partial charge in [-0.1, -0.05) is 6.92 Å². The van der Waals surface area contributed by atoms with Crippen LogP contribution >= 0.6 is 0 Å². The molecule has 1 fully saturated rings. The summed E-state index contributed by atoms with van der Waals surface area (Å²) in [6.45, 7) is 7.47. The summed E-state index contributed by atoms with van der Waals surface area (Å²) >= 11 is 0. The van der Waals surface area contributed by atoms with Gasteiger partial charge in [0.2, 0.25) is 0 Å². The van der Waals surface area contributed by atoms with Crippen LogP contribution in [-0.4, -0.2) is 43.2 Å². The summed E-state index contributed by atoms with van der Waals surface area (Å²) in [5.41, 5.74) is 0. The minimum absolute atomic E-state index is 0.156. The second-order valence-electron chi connectivity index (χ2n) is 5.48. The Morgan fingerprint density at radius 2 is 1.90 bits per heavy atom. The van der Waals surface area contributed by atoms with Gasteiger partial charge in [0, 0.05) is 32.6 Å². The molecule has 0 spiro atoms. The first kappa shape index (κ1) is 17.1. The number of alkyl halides is 3. The van der Waals surface area contributed by atoms with Gasteiger partial charge in [0.1, 0.15) is 0 Å². The van der Waals surface area contributed by atoms with Crippen LogP contribution in [-0.2, 0) is 0 Å². The van der Waals surface area contributed by atoms with Crippen LogP contribution in [0.2, 0.25) is 0 Å². The molecule has 1 saturated heterocycles. The monoisotopic (exact) mass is 293 g/mol. The zero-order chi connectivity index (χ0) is 15.0. The number of unbranched alkanes of at least 4 members (excludes halogenated alkanes) is 1. The molecule has 1 rings (SSSR count). The molecular formula is C14H26F3N3. The predicted molar refractivity (Wildman–Crippen MR) is 75.9 cm³/mol. The molecule has 3 nitrogen and oxygen atoms in total. The van der Waals surface area contributed by atoms with Crippen LogP contribution in [0.1, 0.15) is 46.0 Å². The summed E-state index contributed by atoms with van der Waals surface area (Å²) in [5, 5.41) is 3.23. The highest BCUT2D eigenvalue weighted by atomic mass is 19.4. The zero-order valence-corrected chi connectivity index (χ0v) is 12.5. The van der Waals surface area contributed by atoms with E-state index in [0.29, 0.717) is 13.0 Å². The standard InChI is InChI=1S/C14H26F3N3/c1-3-18-13(20-10-6-12(2)7-11-20)19-9-5-4-8-14(15,16)17/h12H,3-11H2,1-2H3,(H,18,19). The molecule has 0 aromatic heterocycles. The lowest BCUT2D eigenvalue weighted by Gasteiger charge is -2.33. The lowest BCUT2D eigenvalue weighted by molar-refractivity contribution is -0.135. The molecule has 1 aliphatic heterocycles. The van der Waals surface area contributed by atoms with Gasteiger partial charge in [-0.05, 0) is 38.5 Å². The molecule has 6 heteroatoms. The van der Waals surface area contributed by atoms with Crippen LogP contribution in [0.3, 0.4) is 0 Å². The Morgan fingerprint density at radius 3 is 2.45 bits per heavy atom. The second-order valence-corrected chi connectivity index (χ2v) is 5.48. The molecule has 0 unspecified atom stereocenters. The van der Waals surface area contributed by atoms with E-state index in [2.05, 4.69) is 22.1 Å². The van der Waals surface area contributed by atoms with E-state index in [1.165, 1.54) is 0 Å². The summed E-state index contributed by atoms with van der Waals surface area (Å²) in [6.07, 6.45) is -1.81. The Balaban J connectivity index is 2.35. The molecule has 1 aliphatic rings. The van der Waals surface area contributed by atoms with Crippen LogP contribution < -0.4 is 5.32 Å². The third-order valence-electron chi connectivity index (χ3n) is 3.55. The molecule has 0 amide bonds. The van der Waals surface area contributed by atoms with E-state index in [1.54, 1.807) is 0 Å². The van der Waals surface area contributed by atoms with Gasteiger partial charge in [-0.25, -0.2) is 0 Å². The molecular weight excluding hydrogens is 267 g/mol. The number of likely N-dealkylation sites (tertiary alicyclic amines) is 1. The minimum Gasteiger partial charge on any atom is -0.357 e. The molecule has 0 radical (unpaired) electrons. The molecule has 0 aromatic carbocycles. The molecule has 0 aromatic rings. The highest BCUT2D eigenvalue weighted by Crippen LogP contribution is 2.22. The average Bonchev–Trinajstić information content (AvgIpc) is 2.37. The van der Waals surface area contributed by atoms with Crippen LogP contribution in [0, 0.1) is 5.92 Å². The van der Waals surface area contributed by atoms with Crippen molar-refractivity contribution < 1.29 is 13.2 Å². The quantitative estimate of drug-likeness (QED) is 0.478. The Hall–Kier alpha value is -0.940. The van der Waals surface area contributed by atoms with Crippen LogP contribution in [0.4, 0.5) is 13.2 Å².